The SMILES string of the molecule is CCN[C@H](C(=O)N[C@H](C(=O)N(C)[C@H](/C=C(\C)C(=O)OCC)C(C)C)C(C)(C)C)C(C)(C)c1ccccc1. The van der Waals surface area contributed by atoms with Gasteiger partial charge >= 0.3 is 5.97 Å². The second-order valence-corrected chi connectivity index (χ2v) is 11.6. The molecule has 0 bridgehead atoms. The van der Waals surface area contributed by atoms with Gasteiger partial charge in [0.05, 0.1) is 18.7 Å². The van der Waals surface area contributed by atoms with Crippen molar-refractivity contribution in [1.82, 2.24) is 15.5 Å². The number of hydrogen-bond acceptors (Lipinski definition) is 5. The third-order valence-corrected chi connectivity index (χ3v) is 6.81. The van der Waals surface area contributed by atoms with Gasteiger partial charge in [-0.15, -0.1) is 0 Å². The van der Waals surface area contributed by atoms with Gasteiger partial charge in [-0.05, 0) is 37.3 Å². The maximum absolute atomic E-state index is 13.9. The number of esters is 1. The van der Waals surface area contributed by atoms with Crippen LogP contribution in [0.4, 0.5) is 0 Å². The highest BCUT2D eigenvalue weighted by atomic mass is 16.5. The molecule has 0 unspecified atom stereocenters. The molecule has 0 aliphatic heterocycles. The van der Waals surface area contributed by atoms with Gasteiger partial charge < -0.3 is 20.3 Å². The van der Waals surface area contributed by atoms with Crippen LogP contribution in [-0.2, 0) is 24.5 Å². The van der Waals surface area contributed by atoms with E-state index < -0.39 is 28.9 Å². The number of nitrogens with one attached hydrogen (secondary N) is 2. The lowest BCUT2D eigenvalue weighted by atomic mass is 9.76. The fourth-order valence-corrected chi connectivity index (χ4v) is 4.46. The van der Waals surface area contributed by atoms with Crippen molar-refractivity contribution in [3.05, 3.63) is 47.5 Å². The summed E-state index contributed by atoms with van der Waals surface area (Å²) in [5.74, 6) is -0.788. The molecule has 0 saturated carbocycles. The van der Waals surface area contributed by atoms with Crippen LogP contribution in [0.25, 0.3) is 0 Å². The molecule has 0 fully saturated rings. The molecule has 0 saturated heterocycles. The molecule has 7 nitrogen and oxygen atoms in total. The van der Waals surface area contributed by atoms with Crippen molar-refractivity contribution in [2.45, 2.75) is 92.8 Å². The van der Waals surface area contributed by atoms with Crippen molar-refractivity contribution in [3.8, 4) is 0 Å². The minimum Gasteiger partial charge on any atom is -0.463 e. The molecule has 2 amide bonds. The molecule has 1 aromatic rings. The van der Waals surface area contributed by atoms with Crippen molar-refractivity contribution in [1.29, 1.82) is 0 Å². The average Bonchev–Trinajstić information content (AvgIpc) is 2.82. The van der Waals surface area contributed by atoms with Gasteiger partial charge in [-0.1, -0.05) is 91.8 Å². The predicted octanol–water partition coefficient (Wildman–Crippen LogP) is 4.47. The van der Waals surface area contributed by atoms with Gasteiger partial charge in [-0.2, -0.15) is 0 Å². The van der Waals surface area contributed by atoms with Crippen LogP contribution in [-0.4, -0.2) is 61.0 Å². The van der Waals surface area contributed by atoms with Gasteiger partial charge in [0.15, 0.2) is 0 Å². The number of amides is 2. The van der Waals surface area contributed by atoms with Crippen molar-refractivity contribution >= 4 is 17.8 Å². The summed E-state index contributed by atoms with van der Waals surface area (Å²) in [6.45, 7) is 20.2. The zero-order valence-corrected chi connectivity index (χ0v) is 24.8. The number of likely N-dealkylation sites (N-methyl/N-ethyl adjacent to an activating group) is 2. The molecule has 0 aromatic heterocycles. The first-order valence-corrected chi connectivity index (χ1v) is 13.3. The van der Waals surface area contributed by atoms with Gasteiger partial charge in [-0.3, -0.25) is 9.59 Å². The van der Waals surface area contributed by atoms with E-state index in [1.165, 1.54) is 0 Å². The third-order valence-electron chi connectivity index (χ3n) is 6.81. The molecule has 37 heavy (non-hydrogen) atoms. The zero-order chi connectivity index (χ0) is 28.6. The standard InChI is InChI=1S/C30H49N3O4/c1-12-31-24(30(9,10)22-17-15-14-16-18-22)26(34)32-25(29(6,7)8)27(35)33(11)23(20(3)4)19-21(5)28(36)37-13-2/h14-20,23-25,31H,12-13H2,1-11H3,(H,32,34)/b21-19+/t23-,24-,25-/m1/s1. The van der Waals surface area contributed by atoms with E-state index in [-0.39, 0.29) is 30.4 Å². The molecule has 208 valence electrons. The first-order valence-electron chi connectivity index (χ1n) is 13.3. The maximum atomic E-state index is 13.9. The van der Waals surface area contributed by atoms with Gasteiger partial charge in [0, 0.05) is 18.0 Å². The molecule has 2 N–H and O–H groups in total. The summed E-state index contributed by atoms with van der Waals surface area (Å²) in [7, 11) is 1.72. The van der Waals surface area contributed by atoms with E-state index in [1.807, 2.05) is 85.7 Å². The fraction of sp³-hybridized carbons (Fsp3) is 0.633. The van der Waals surface area contributed by atoms with E-state index in [0.717, 1.165) is 5.56 Å². The summed E-state index contributed by atoms with van der Waals surface area (Å²) in [6, 6.07) is 8.26. The largest absolute Gasteiger partial charge is 0.463 e. The topological polar surface area (TPSA) is 87.7 Å². The highest BCUT2D eigenvalue weighted by molar-refractivity contribution is 5.92. The summed E-state index contributed by atoms with van der Waals surface area (Å²) < 4.78 is 5.12. The summed E-state index contributed by atoms with van der Waals surface area (Å²) in [5, 5.41) is 6.42. The Morgan fingerprint density at radius 2 is 1.57 bits per heavy atom. The summed E-state index contributed by atoms with van der Waals surface area (Å²) in [6.07, 6.45) is 1.78. The quantitative estimate of drug-likeness (QED) is 0.317. The molecule has 0 radical (unpaired) electrons. The average molecular weight is 516 g/mol. The summed E-state index contributed by atoms with van der Waals surface area (Å²) >= 11 is 0. The molecule has 0 aliphatic carbocycles. The molecule has 1 rings (SSSR count). The van der Waals surface area contributed by atoms with E-state index >= 15 is 0 Å². The molecule has 3 atom stereocenters. The Morgan fingerprint density at radius 1 is 1.00 bits per heavy atom. The van der Waals surface area contributed by atoms with Crippen LogP contribution in [0.2, 0.25) is 0 Å². The number of carbonyl (C=O) groups is 3. The highest BCUT2D eigenvalue weighted by Gasteiger charge is 2.41. The van der Waals surface area contributed by atoms with E-state index in [9.17, 15) is 14.4 Å². The minimum atomic E-state index is -0.768. The number of benzene rings is 1. The van der Waals surface area contributed by atoms with Crippen LogP contribution in [0, 0.1) is 11.3 Å². The van der Waals surface area contributed by atoms with Crippen LogP contribution in [0.3, 0.4) is 0 Å². The Bertz CT molecular complexity index is 932. The summed E-state index contributed by atoms with van der Waals surface area (Å²) in [5.41, 5.74) is 0.425. The van der Waals surface area contributed by atoms with E-state index in [2.05, 4.69) is 10.6 Å². The number of nitrogens with zero attached hydrogens (tertiary/aromatic N) is 1. The second-order valence-electron chi connectivity index (χ2n) is 11.6. The van der Waals surface area contributed by atoms with Gasteiger partial charge in [-0.25, -0.2) is 4.79 Å². The molecule has 7 heteroatoms. The summed E-state index contributed by atoms with van der Waals surface area (Å²) in [4.78, 5) is 41.5. The Morgan fingerprint density at radius 3 is 2.03 bits per heavy atom. The van der Waals surface area contributed by atoms with Gasteiger partial charge in [0.2, 0.25) is 11.8 Å². The minimum absolute atomic E-state index is 0.0427. The van der Waals surface area contributed by atoms with E-state index in [1.54, 1.807) is 31.9 Å². The van der Waals surface area contributed by atoms with Crippen LogP contribution in [0.5, 0.6) is 0 Å². The first-order chi connectivity index (χ1) is 17.1. The van der Waals surface area contributed by atoms with Crippen LogP contribution >= 0.6 is 0 Å². The zero-order valence-electron chi connectivity index (χ0n) is 24.8. The van der Waals surface area contributed by atoms with E-state index in [0.29, 0.717) is 12.1 Å². The van der Waals surface area contributed by atoms with Crippen molar-refractivity contribution < 1.29 is 19.1 Å². The molecular weight excluding hydrogens is 466 g/mol. The van der Waals surface area contributed by atoms with Crippen molar-refractivity contribution in [2.75, 3.05) is 20.2 Å². The lowest BCUT2D eigenvalue weighted by molar-refractivity contribution is -0.141. The molecular formula is C30H49N3O4. The molecule has 0 heterocycles. The molecule has 0 spiro atoms. The van der Waals surface area contributed by atoms with Crippen molar-refractivity contribution in [2.24, 2.45) is 11.3 Å². The van der Waals surface area contributed by atoms with Gasteiger partial charge in [0.1, 0.15) is 6.04 Å². The highest BCUT2D eigenvalue weighted by Crippen LogP contribution is 2.29. The number of hydrogen-bond donors (Lipinski definition) is 2. The number of carbonyl (C=O) groups excluding carboxylic acids is 3. The maximum Gasteiger partial charge on any atom is 0.333 e. The Balaban J connectivity index is 3.33. The lowest BCUT2D eigenvalue weighted by Gasteiger charge is -2.40. The smallest absolute Gasteiger partial charge is 0.333 e. The lowest BCUT2D eigenvalue weighted by Crippen LogP contribution is -2.62. The first kappa shape index (κ1) is 32.4. The fourth-order valence-electron chi connectivity index (χ4n) is 4.46. The molecule has 1 aromatic carbocycles. The third kappa shape index (κ3) is 8.70. The van der Waals surface area contributed by atoms with Crippen LogP contribution < -0.4 is 10.6 Å². The Hall–Kier alpha value is -2.67. The van der Waals surface area contributed by atoms with Crippen LogP contribution in [0.1, 0.15) is 74.8 Å². The second kappa shape index (κ2) is 13.8. The Kier molecular flexibility index (Phi) is 12.0. The van der Waals surface area contributed by atoms with E-state index in [4.69, 9.17) is 4.74 Å². The van der Waals surface area contributed by atoms with Crippen molar-refractivity contribution in [3.63, 3.8) is 0 Å². The monoisotopic (exact) mass is 515 g/mol. The predicted molar refractivity (Wildman–Crippen MR) is 150 cm³/mol. The number of rotatable bonds is 12. The Labute approximate surface area is 224 Å². The van der Waals surface area contributed by atoms with Gasteiger partial charge in [0.25, 0.3) is 0 Å². The van der Waals surface area contributed by atoms with Crippen LogP contribution in [0.15, 0.2) is 42.0 Å². The molecule has 0 aliphatic rings. The number of ether oxygens (including phenoxy) is 1. The normalized spacial score (nSPS) is 15.1.